The van der Waals surface area contributed by atoms with Gasteiger partial charge in [-0.05, 0) is 44.4 Å². The van der Waals surface area contributed by atoms with Crippen LogP contribution in [-0.2, 0) is 10.5 Å². The van der Waals surface area contributed by atoms with Crippen LogP contribution < -0.4 is 5.32 Å². The molecule has 0 aliphatic heterocycles. The van der Waals surface area contributed by atoms with Gasteiger partial charge < -0.3 is 5.32 Å². The van der Waals surface area contributed by atoms with E-state index in [1.54, 1.807) is 11.8 Å². The first-order chi connectivity index (χ1) is 11.0. The molecule has 2 aromatic carbocycles. The summed E-state index contributed by atoms with van der Waals surface area (Å²) in [7, 11) is 0. The van der Waals surface area contributed by atoms with Crippen molar-refractivity contribution in [3.05, 3.63) is 70.3 Å². The van der Waals surface area contributed by atoms with Crippen molar-refractivity contribution in [1.82, 2.24) is 5.32 Å². The molecule has 1 amide bonds. The lowest BCUT2D eigenvalue weighted by molar-refractivity contribution is -0.119. The Morgan fingerprint density at radius 3 is 2.52 bits per heavy atom. The predicted molar refractivity (Wildman–Crippen MR) is 99.8 cm³/mol. The van der Waals surface area contributed by atoms with E-state index in [-0.39, 0.29) is 11.9 Å². The third kappa shape index (κ3) is 5.43. The van der Waals surface area contributed by atoms with Crippen molar-refractivity contribution in [1.29, 1.82) is 0 Å². The van der Waals surface area contributed by atoms with Gasteiger partial charge in [0.25, 0.3) is 0 Å². The Kier molecular flexibility index (Phi) is 6.28. The molecule has 0 fully saturated rings. The fraction of sp³-hybridized carbons (Fsp3) is 0.350. The molecule has 3 heteroatoms. The number of benzene rings is 2. The fourth-order valence-electron chi connectivity index (χ4n) is 2.74. The minimum Gasteiger partial charge on any atom is -0.349 e. The van der Waals surface area contributed by atoms with Gasteiger partial charge in [0.2, 0.25) is 5.91 Å². The van der Waals surface area contributed by atoms with E-state index in [0.29, 0.717) is 5.75 Å². The Morgan fingerprint density at radius 1 is 1.09 bits per heavy atom. The molecule has 0 bridgehead atoms. The summed E-state index contributed by atoms with van der Waals surface area (Å²) in [5, 5.41) is 3.09. The normalized spacial score (nSPS) is 12.0. The van der Waals surface area contributed by atoms with E-state index >= 15 is 0 Å². The van der Waals surface area contributed by atoms with Crippen LogP contribution >= 0.6 is 11.8 Å². The van der Waals surface area contributed by atoms with Crippen molar-refractivity contribution >= 4 is 17.7 Å². The van der Waals surface area contributed by atoms with Crippen molar-refractivity contribution in [3.8, 4) is 0 Å². The maximum Gasteiger partial charge on any atom is 0.230 e. The molecular formula is C20H25NOS. The summed E-state index contributed by atoms with van der Waals surface area (Å²) in [4.78, 5) is 12.1. The number of hydrogen-bond donors (Lipinski definition) is 1. The summed E-state index contributed by atoms with van der Waals surface area (Å²) in [6.07, 6.45) is 0. The second-order valence-electron chi connectivity index (χ2n) is 6.13. The average Bonchev–Trinajstić information content (AvgIpc) is 2.47. The maximum absolute atomic E-state index is 12.1. The molecule has 1 atom stereocenters. The lowest BCUT2D eigenvalue weighted by Gasteiger charge is -2.17. The predicted octanol–water partition coefficient (Wildman–Crippen LogP) is 4.72. The summed E-state index contributed by atoms with van der Waals surface area (Å²) in [6.45, 7) is 8.31. The zero-order chi connectivity index (χ0) is 16.8. The van der Waals surface area contributed by atoms with Crippen LogP contribution in [0, 0.1) is 20.8 Å². The standard InChI is InChI=1S/C20H25NOS/c1-14-6-5-7-18(11-14)12-23-13-20(22)21-17(4)19-9-8-15(2)10-16(19)3/h5-11,17H,12-13H2,1-4H3,(H,21,22)/t17-/m1/s1. The monoisotopic (exact) mass is 327 g/mol. The second kappa shape index (κ2) is 8.21. The van der Waals surface area contributed by atoms with Crippen LogP contribution in [0.4, 0.5) is 0 Å². The molecule has 23 heavy (non-hydrogen) atoms. The molecule has 2 nitrogen and oxygen atoms in total. The Hall–Kier alpha value is -1.74. The summed E-state index contributed by atoms with van der Waals surface area (Å²) in [6, 6.07) is 14.8. The first-order valence-electron chi connectivity index (χ1n) is 7.95. The van der Waals surface area contributed by atoms with Gasteiger partial charge in [-0.2, -0.15) is 0 Å². The van der Waals surface area contributed by atoms with E-state index < -0.39 is 0 Å². The third-order valence-electron chi connectivity index (χ3n) is 3.85. The minimum absolute atomic E-state index is 0.0441. The smallest absolute Gasteiger partial charge is 0.230 e. The highest BCUT2D eigenvalue weighted by Gasteiger charge is 2.11. The Balaban J connectivity index is 1.82. The van der Waals surface area contributed by atoms with Crippen molar-refractivity contribution in [2.24, 2.45) is 0 Å². The fourth-order valence-corrected chi connectivity index (χ4v) is 3.52. The molecule has 0 saturated carbocycles. The van der Waals surface area contributed by atoms with Gasteiger partial charge in [0, 0.05) is 5.75 Å². The summed E-state index contributed by atoms with van der Waals surface area (Å²) in [5.41, 5.74) is 6.19. The van der Waals surface area contributed by atoms with Crippen LogP contribution in [0.2, 0.25) is 0 Å². The number of rotatable bonds is 6. The van der Waals surface area contributed by atoms with Crippen LogP contribution in [-0.4, -0.2) is 11.7 Å². The SMILES string of the molecule is Cc1cccc(CSCC(=O)N[C@H](C)c2ccc(C)cc2C)c1. The first kappa shape index (κ1) is 17.6. The molecule has 0 aliphatic rings. The first-order valence-corrected chi connectivity index (χ1v) is 9.11. The van der Waals surface area contributed by atoms with E-state index in [9.17, 15) is 4.79 Å². The van der Waals surface area contributed by atoms with Crippen LogP contribution in [0.1, 0.15) is 40.8 Å². The third-order valence-corrected chi connectivity index (χ3v) is 4.86. The van der Waals surface area contributed by atoms with Gasteiger partial charge in [-0.25, -0.2) is 0 Å². The minimum atomic E-state index is 0.0441. The van der Waals surface area contributed by atoms with Gasteiger partial charge in [-0.15, -0.1) is 11.8 Å². The van der Waals surface area contributed by atoms with Gasteiger partial charge in [-0.1, -0.05) is 53.6 Å². The van der Waals surface area contributed by atoms with E-state index in [2.05, 4.69) is 68.6 Å². The van der Waals surface area contributed by atoms with E-state index in [0.717, 1.165) is 5.75 Å². The van der Waals surface area contributed by atoms with E-state index in [1.807, 2.05) is 6.92 Å². The average molecular weight is 327 g/mol. The molecule has 0 radical (unpaired) electrons. The Labute approximate surface area is 143 Å². The summed E-state index contributed by atoms with van der Waals surface area (Å²) < 4.78 is 0. The van der Waals surface area contributed by atoms with E-state index in [1.165, 1.54) is 27.8 Å². The van der Waals surface area contributed by atoms with Crippen molar-refractivity contribution in [3.63, 3.8) is 0 Å². The lowest BCUT2D eigenvalue weighted by Crippen LogP contribution is -2.28. The molecule has 0 aliphatic carbocycles. The van der Waals surface area contributed by atoms with Gasteiger partial charge in [-0.3, -0.25) is 4.79 Å². The molecule has 0 aromatic heterocycles. The van der Waals surface area contributed by atoms with Gasteiger partial charge >= 0.3 is 0 Å². The Morgan fingerprint density at radius 2 is 1.83 bits per heavy atom. The van der Waals surface area contributed by atoms with Crippen LogP contribution in [0.3, 0.4) is 0 Å². The zero-order valence-corrected chi connectivity index (χ0v) is 15.2. The number of hydrogen-bond acceptors (Lipinski definition) is 2. The highest BCUT2D eigenvalue weighted by atomic mass is 32.2. The highest BCUT2D eigenvalue weighted by Crippen LogP contribution is 2.19. The molecule has 0 spiro atoms. The summed E-state index contributed by atoms with van der Waals surface area (Å²) in [5.74, 6) is 1.45. The van der Waals surface area contributed by atoms with Gasteiger partial charge in [0.1, 0.15) is 0 Å². The second-order valence-corrected chi connectivity index (χ2v) is 7.12. The Bertz CT molecular complexity index is 681. The van der Waals surface area contributed by atoms with Crippen molar-refractivity contribution in [2.75, 3.05) is 5.75 Å². The molecule has 1 N–H and O–H groups in total. The largest absolute Gasteiger partial charge is 0.349 e. The topological polar surface area (TPSA) is 29.1 Å². The number of aryl methyl sites for hydroxylation is 3. The number of thioether (sulfide) groups is 1. The number of amides is 1. The molecular weight excluding hydrogens is 302 g/mol. The lowest BCUT2D eigenvalue weighted by atomic mass is 10.0. The van der Waals surface area contributed by atoms with Crippen LogP contribution in [0.15, 0.2) is 42.5 Å². The van der Waals surface area contributed by atoms with E-state index in [4.69, 9.17) is 0 Å². The van der Waals surface area contributed by atoms with Gasteiger partial charge in [0.15, 0.2) is 0 Å². The zero-order valence-electron chi connectivity index (χ0n) is 14.3. The van der Waals surface area contributed by atoms with Crippen LogP contribution in [0.25, 0.3) is 0 Å². The molecule has 2 aromatic rings. The number of nitrogens with one attached hydrogen (secondary N) is 1. The molecule has 122 valence electrons. The number of carbonyl (C=O) groups excluding carboxylic acids is 1. The maximum atomic E-state index is 12.1. The van der Waals surface area contributed by atoms with Crippen molar-refractivity contribution in [2.45, 2.75) is 39.5 Å². The summed E-state index contributed by atoms with van der Waals surface area (Å²) >= 11 is 1.65. The molecule has 0 unspecified atom stereocenters. The van der Waals surface area contributed by atoms with Crippen molar-refractivity contribution < 1.29 is 4.79 Å². The molecule has 0 heterocycles. The number of carbonyl (C=O) groups is 1. The molecule has 0 saturated heterocycles. The highest BCUT2D eigenvalue weighted by molar-refractivity contribution is 7.99. The molecule has 2 rings (SSSR count). The van der Waals surface area contributed by atoms with Crippen LogP contribution in [0.5, 0.6) is 0 Å². The quantitative estimate of drug-likeness (QED) is 0.831. The van der Waals surface area contributed by atoms with Gasteiger partial charge in [0.05, 0.1) is 11.8 Å².